The van der Waals surface area contributed by atoms with Crippen LogP contribution < -0.4 is 24.8 Å². The lowest BCUT2D eigenvalue weighted by Crippen LogP contribution is -2.48. The molecule has 8 heteroatoms. The van der Waals surface area contributed by atoms with Crippen molar-refractivity contribution in [2.75, 3.05) is 41.5 Å². The van der Waals surface area contributed by atoms with E-state index >= 15 is 0 Å². The molecule has 3 rings (SSSR count). The molecule has 0 unspecified atom stereocenters. The Morgan fingerprint density at radius 2 is 1.59 bits per heavy atom. The van der Waals surface area contributed by atoms with Crippen LogP contribution in [0.5, 0.6) is 17.2 Å². The second kappa shape index (κ2) is 13.4. The highest BCUT2D eigenvalue weighted by Crippen LogP contribution is 2.34. The van der Waals surface area contributed by atoms with Gasteiger partial charge in [0.1, 0.15) is 5.75 Å². The number of aliphatic imine (C=N–C) groups is 1. The number of benzene rings is 2. The normalized spacial score (nSPS) is 14.9. The Kier molecular flexibility index (Phi) is 10.9. The topological polar surface area (TPSA) is 67.4 Å². The van der Waals surface area contributed by atoms with Gasteiger partial charge in [-0.1, -0.05) is 30.3 Å². The van der Waals surface area contributed by atoms with E-state index in [1.807, 2.05) is 12.1 Å². The quantitative estimate of drug-likeness (QED) is 0.295. The number of methoxy groups -OCH3 is 3. The van der Waals surface area contributed by atoms with E-state index in [4.69, 9.17) is 14.2 Å². The van der Waals surface area contributed by atoms with Crippen LogP contribution in [0.4, 0.5) is 0 Å². The molecule has 32 heavy (non-hydrogen) atoms. The van der Waals surface area contributed by atoms with E-state index in [9.17, 15) is 0 Å². The number of rotatable bonds is 8. The van der Waals surface area contributed by atoms with Crippen LogP contribution in [-0.2, 0) is 13.1 Å². The van der Waals surface area contributed by atoms with Crippen molar-refractivity contribution < 1.29 is 14.2 Å². The van der Waals surface area contributed by atoms with Crippen molar-refractivity contribution in [3.63, 3.8) is 0 Å². The number of nitrogens with one attached hydrogen (secondary N) is 2. The molecule has 0 bridgehead atoms. The molecular formula is C24H35IN4O3. The molecule has 1 aliphatic rings. The van der Waals surface area contributed by atoms with Crippen LogP contribution in [0, 0.1) is 0 Å². The maximum atomic E-state index is 5.52. The number of guanidine groups is 1. The van der Waals surface area contributed by atoms with Gasteiger partial charge in [0.2, 0.25) is 0 Å². The fourth-order valence-electron chi connectivity index (χ4n) is 3.87. The lowest BCUT2D eigenvalue weighted by molar-refractivity contribution is 0.198. The Labute approximate surface area is 208 Å². The molecule has 0 aliphatic carbocycles. The van der Waals surface area contributed by atoms with Crippen molar-refractivity contribution in [3.05, 3.63) is 53.6 Å². The van der Waals surface area contributed by atoms with Crippen LogP contribution in [0.2, 0.25) is 0 Å². The lowest BCUT2D eigenvalue weighted by atomic mass is 10.0. The van der Waals surface area contributed by atoms with Gasteiger partial charge in [-0.25, -0.2) is 0 Å². The highest BCUT2D eigenvalue weighted by molar-refractivity contribution is 14.0. The molecule has 1 fully saturated rings. The average molecular weight is 554 g/mol. The zero-order valence-electron chi connectivity index (χ0n) is 19.4. The number of ether oxygens (including phenoxy) is 3. The van der Waals surface area contributed by atoms with Crippen molar-refractivity contribution in [1.29, 1.82) is 0 Å². The van der Waals surface area contributed by atoms with Crippen molar-refractivity contribution >= 4 is 29.9 Å². The molecule has 0 aromatic heterocycles. The van der Waals surface area contributed by atoms with E-state index in [2.05, 4.69) is 50.9 Å². The molecule has 1 heterocycles. The van der Waals surface area contributed by atoms with Crippen molar-refractivity contribution in [2.24, 2.45) is 4.99 Å². The summed E-state index contributed by atoms with van der Waals surface area (Å²) in [4.78, 5) is 6.91. The molecule has 0 radical (unpaired) electrons. The summed E-state index contributed by atoms with van der Waals surface area (Å²) in [5.74, 6) is 2.86. The first-order valence-corrected chi connectivity index (χ1v) is 10.7. The van der Waals surface area contributed by atoms with Gasteiger partial charge in [-0.3, -0.25) is 9.89 Å². The third kappa shape index (κ3) is 7.16. The Bertz CT molecular complexity index is 856. The number of likely N-dealkylation sites (tertiary alicyclic amines) is 1. The third-order valence-electron chi connectivity index (χ3n) is 5.63. The molecule has 0 saturated carbocycles. The van der Waals surface area contributed by atoms with E-state index < -0.39 is 0 Å². The van der Waals surface area contributed by atoms with Crippen LogP contribution in [0.15, 0.2) is 47.5 Å². The predicted octanol–water partition coefficient (Wildman–Crippen LogP) is 3.66. The van der Waals surface area contributed by atoms with E-state index in [0.29, 0.717) is 24.1 Å². The molecule has 2 aromatic rings. The minimum absolute atomic E-state index is 0. The molecule has 1 saturated heterocycles. The predicted molar refractivity (Wildman–Crippen MR) is 140 cm³/mol. The summed E-state index contributed by atoms with van der Waals surface area (Å²) in [6, 6.07) is 14.8. The van der Waals surface area contributed by atoms with Crippen LogP contribution in [0.1, 0.15) is 24.0 Å². The first-order chi connectivity index (χ1) is 15.2. The molecule has 176 valence electrons. The van der Waals surface area contributed by atoms with Crippen LogP contribution in [0.25, 0.3) is 0 Å². The largest absolute Gasteiger partial charge is 0.496 e. The average Bonchev–Trinajstić information content (AvgIpc) is 2.82. The summed E-state index contributed by atoms with van der Waals surface area (Å²) in [6.45, 7) is 3.73. The van der Waals surface area contributed by atoms with Crippen molar-refractivity contribution in [3.8, 4) is 17.2 Å². The molecule has 2 aromatic carbocycles. The van der Waals surface area contributed by atoms with Gasteiger partial charge in [-0.05, 0) is 24.5 Å². The van der Waals surface area contributed by atoms with Crippen LogP contribution >= 0.6 is 24.0 Å². The molecule has 1 aliphatic heterocycles. The number of halogens is 1. The van der Waals surface area contributed by atoms with Gasteiger partial charge in [0.25, 0.3) is 0 Å². The molecule has 7 nitrogen and oxygen atoms in total. The van der Waals surface area contributed by atoms with Gasteiger partial charge >= 0.3 is 0 Å². The van der Waals surface area contributed by atoms with E-state index in [1.54, 1.807) is 28.4 Å². The molecule has 2 N–H and O–H groups in total. The second-order valence-electron chi connectivity index (χ2n) is 7.63. The number of hydrogen-bond donors (Lipinski definition) is 2. The Morgan fingerprint density at radius 1 is 0.969 bits per heavy atom. The van der Waals surface area contributed by atoms with Crippen molar-refractivity contribution in [1.82, 2.24) is 15.5 Å². The third-order valence-corrected chi connectivity index (χ3v) is 5.63. The van der Waals surface area contributed by atoms with Gasteiger partial charge < -0.3 is 24.8 Å². The monoisotopic (exact) mass is 554 g/mol. The smallest absolute Gasteiger partial charge is 0.191 e. The SMILES string of the molecule is CN=C(NCc1cc(OC)c(OC)cc1OC)NC1CCN(Cc2ccccc2)CC1.I. The van der Waals surface area contributed by atoms with Gasteiger partial charge in [0, 0.05) is 50.9 Å². The van der Waals surface area contributed by atoms with E-state index in [0.717, 1.165) is 49.7 Å². The fraction of sp³-hybridized carbons (Fsp3) is 0.458. The Morgan fingerprint density at radius 3 is 2.19 bits per heavy atom. The maximum Gasteiger partial charge on any atom is 0.191 e. The number of nitrogens with zero attached hydrogens (tertiary/aromatic N) is 2. The standard InChI is InChI=1S/C24H34N4O3.HI/c1-25-24(26-16-19-14-22(30-3)23(31-4)15-21(19)29-2)27-20-10-12-28(13-11-20)17-18-8-6-5-7-9-18;/h5-9,14-15,20H,10-13,16-17H2,1-4H3,(H2,25,26,27);1H. The first kappa shape index (κ1) is 26.1. The second-order valence-corrected chi connectivity index (χ2v) is 7.63. The minimum Gasteiger partial charge on any atom is -0.496 e. The molecule has 0 amide bonds. The van der Waals surface area contributed by atoms with Gasteiger partial charge in [-0.15, -0.1) is 24.0 Å². The number of hydrogen-bond acceptors (Lipinski definition) is 5. The van der Waals surface area contributed by atoms with Crippen molar-refractivity contribution in [2.45, 2.75) is 32.0 Å². The summed E-state index contributed by atoms with van der Waals surface area (Å²) in [5, 5.41) is 6.96. The Hall–Kier alpha value is -2.20. The van der Waals surface area contributed by atoms with Gasteiger partial charge in [0.15, 0.2) is 17.5 Å². The minimum atomic E-state index is 0. The summed E-state index contributed by atoms with van der Waals surface area (Å²) in [5.41, 5.74) is 2.34. The first-order valence-electron chi connectivity index (χ1n) is 10.7. The Balaban J connectivity index is 0.00000363. The van der Waals surface area contributed by atoms with E-state index in [-0.39, 0.29) is 24.0 Å². The molecule has 0 atom stereocenters. The summed E-state index contributed by atoms with van der Waals surface area (Å²) < 4.78 is 16.3. The molecular weight excluding hydrogens is 519 g/mol. The number of piperidine rings is 1. The van der Waals surface area contributed by atoms with Crippen LogP contribution in [0.3, 0.4) is 0 Å². The fourth-order valence-corrected chi connectivity index (χ4v) is 3.87. The van der Waals surface area contributed by atoms with E-state index in [1.165, 1.54) is 5.56 Å². The van der Waals surface area contributed by atoms with Gasteiger partial charge in [0.05, 0.1) is 21.3 Å². The summed E-state index contributed by atoms with van der Waals surface area (Å²) >= 11 is 0. The van der Waals surface area contributed by atoms with Gasteiger partial charge in [-0.2, -0.15) is 0 Å². The highest BCUT2D eigenvalue weighted by atomic mass is 127. The van der Waals surface area contributed by atoms with Crippen LogP contribution in [-0.4, -0.2) is 58.4 Å². The maximum absolute atomic E-state index is 5.52. The zero-order chi connectivity index (χ0) is 22.1. The molecule has 0 spiro atoms. The highest BCUT2D eigenvalue weighted by Gasteiger charge is 2.20. The lowest BCUT2D eigenvalue weighted by Gasteiger charge is -2.33. The summed E-state index contributed by atoms with van der Waals surface area (Å²) in [7, 11) is 6.70. The zero-order valence-corrected chi connectivity index (χ0v) is 21.7. The summed E-state index contributed by atoms with van der Waals surface area (Å²) in [6.07, 6.45) is 2.18.